The van der Waals surface area contributed by atoms with Gasteiger partial charge in [0, 0.05) is 12.1 Å². The van der Waals surface area contributed by atoms with E-state index in [1.54, 1.807) is 6.92 Å². The number of nitrogens with zero attached hydrogens (tertiary/aromatic N) is 2. The van der Waals surface area contributed by atoms with E-state index in [0.29, 0.717) is 24.4 Å². The fourth-order valence-corrected chi connectivity index (χ4v) is 3.04. The predicted molar refractivity (Wildman–Crippen MR) is 108 cm³/mol. The Hall–Kier alpha value is -3.35. The highest BCUT2D eigenvalue weighted by molar-refractivity contribution is 5.80. The molecule has 1 amide bonds. The van der Waals surface area contributed by atoms with Crippen LogP contribution in [-0.4, -0.2) is 22.2 Å². The maximum atomic E-state index is 12.5. The summed E-state index contributed by atoms with van der Waals surface area (Å²) >= 11 is 0. The molecule has 1 unspecified atom stereocenters. The molecule has 0 saturated carbocycles. The lowest BCUT2D eigenvalue weighted by atomic mass is 10.1. The van der Waals surface area contributed by atoms with Gasteiger partial charge in [0.25, 0.3) is 5.56 Å². The Bertz CT molecular complexity index is 1040. The normalized spacial score (nSPS) is 12.0. The molecule has 7 nitrogen and oxygen atoms in total. The van der Waals surface area contributed by atoms with Gasteiger partial charge in [-0.05, 0) is 44.9 Å². The van der Waals surface area contributed by atoms with E-state index in [0.717, 1.165) is 21.6 Å². The second-order valence-electron chi connectivity index (χ2n) is 6.76. The van der Waals surface area contributed by atoms with Gasteiger partial charge in [0.05, 0.1) is 5.69 Å². The van der Waals surface area contributed by atoms with Crippen molar-refractivity contribution in [1.82, 2.24) is 15.1 Å². The van der Waals surface area contributed by atoms with E-state index in [4.69, 9.17) is 10.2 Å². The molecule has 2 heterocycles. The van der Waals surface area contributed by atoms with E-state index in [9.17, 15) is 9.59 Å². The molecule has 0 bridgehead atoms. The molecule has 3 aromatic rings. The molecule has 0 radical (unpaired) electrons. The van der Waals surface area contributed by atoms with E-state index in [1.165, 1.54) is 6.07 Å². The van der Waals surface area contributed by atoms with Crippen LogP contribution in [0.1, 0.15) is 30.0 Å². The molecule has 0 saturated heterocycles. The Morgan fingerprint density at radius 3 is 2.61 bits per heavy atom. The van der Waals surface area contributed by atoms with Crippen LogP contribution in [0.3, 0.4) is 0 Å². The van der Waals surface area contributed by atoms with Crippen molar-refractivity contribution < 1.29 is 9.21 Å². The van der Waals surface area contributed by atoms with Gasteiger partial charge in [-0.3, -0.25) is 9.59 Å². The smallest absolute Gasteiger partial charge is 0.290 e. The molecule has 0 aliphatic heterocycles. The third-order valence-electron chi connectivity index (χ3n) is 4.58. The van der Waals surface area contributed by atoms with Crippen molar-refractivity contribution in [2.45, 2.75) is 33.2 Å². The second kappa shape index (κ2) is 8.12. The Labute approximate surface area is 163 Å². The molecule has 3 N–H and O–H groups in total. The Morgan fingerprint density at radius 2 is 1.96 bits per heavy atom. The first-order valence-electron chi connectivity index (χ1n) is 9.15. The fourth-order valence-electron chi connectivity index (χ4n) is 3.04. The number of nitrogen functional groups attached to an aromatic ring is 1. The summed E-state index contributed by atoms with van der Waals surface area (Å²) in [5.74, 6) is 1.12. The van der Waals surface area contributed by atoms with Gasteiger partial charge in [-0.2, -0.15) is 5.10 Å². The van der Waals surface area contributed by atoms with Gasteiger partial charge in [-0.25, -0.2) is 4.68 Å². The number of carbonyl (C=O) groups excluding carboxylic acids is 1. The van der Waals surface area contributed by atoms with Gasteiger partial charge in [0.1, 0.15) is 23.2 Å². The highest BCUT2D eigenvalue weighted by Crippen LogP contribution is 2.25. The van der Waals surface area contributed by atoms with Gasteiger partial charge in [-0.15, -0.1) is 0 Å². The van der Waals surface area contributed by atoms with Crippen molar-refractivity contribution in [2.24, 2.45) is 0 Å². The lowest BCUT2D eigenvalue weighted by Crippen LogP contribution is -2.38. The third kappa shape index (κ3) is 4.14. The lowest BCUT2D eigenvalue weighted by Gasteiger charge is -2.16. The Morgan fingerprint density at radius 1 is 1.25 bits per heavy atom. The number of hydrogen-bond acceptors (Lipinski definition) is 5. The molecule has 146 valence electrons. The summed E-state index contributed by atoms with van der Waals surface area (Å²) in [6.45, 7) is 5.74. The van der Waals surface area contributed by atoms with E-state index >= 15 is 0 Å². The molecular weight excluding hydrogens is 356 g/mol. The summed E-state index contributed by atoms with van der Waals surface area (Å²) in [7, 11) is 0. The van der Waals surface area contributed by atoms with Crippen molar-refractivity contribution >= 4 is 11.6 Å². The summed E-state index contributed by atoms with van der Waals surface area (Å²) < 4.78 is 6.66. The number of hydrogen-bond donors (Lipinski definition) is 2. The number of anilines is 1. The average Bonchev–Trinajstić information content (AvgIpc) is 3.02. The number of nitrogens with two attached hydrogens (primary N) is 1. The lowest BCUT2D eigenvalue weighted by molar-refractivity contribution is -0.124. The highest BCUT2D eigenvalue weighted by Gasteiger charge is 2.20. The molecule has 1 atom stereocenters. The summed E-state index contributed by atoms with van der Waals surface area (Å²) in [5.41, 5.74) is 7.80. The van der Waals surface area contributed by atoms with Gasteiger partial charge < -0.3 is 15.5 Å². The maximum absolute atomic E-state index is 12.5. The molecule has 0 aliphatic rings. The van der Waals surface area contributed by atoms with Crippen LogP contribution in [0.5, 0.6) is 0 Å². The third-order valence-corrected chi connectivity index (χ3v) is 4.58. The number of benzene rings is 1. The van der Waals surface area contributed by atoms with Crippen LogP contribution >= 0.6 is 0 Å². The monoisotopic (exact) mass is 380 g/mol. The van der Waals surface area contributed by atoms with Crippen LogP contribution in [0.25, 0.3) is 11.3 Å². The zero-order valence-electron chi connectivity index (χ0n) is 16.2. The molecule has 2 aromatic heterocycles. The summed E-state index contributed by atoms with van der Waals surface area (Å²) in [6, 6.07) is 12.4. The van der Waals surface area contributed by atoms with Crippen LogP contribution in [-0.2, 0) is 11.2 Å². The van der Waals surface area contributed by atoms with Crippen LogP contribution < -0.4 is 16.6 Å². The van der Waals surface area contributed by atoms with Crippen LogP contribution in [0.4, 0.5) is 5.69 Å². The van der Waals surface area contributed by atoms with Crippen molar-refractivity contribution in [3.63, 3.8) is 0 Å². The van der Waals surface area contributed by atoms with Gasteiger partial charge in [-0.1, -0.05) is 30.3 Å². The van der Waals surface area contributed by atoms with E-state index < -0.39 is 11.6 Å². The summed E-state index contributed by atoms with van der Waals surface area (Å²) in [6.07, 6.45) is 0.706. The fraction of sp³-hybridized carbons (Fsp3) is 0.286. The maximum Gasteiger partial charge on any atom is 0.290 e. The molecule has 0 spiro atoms. The van der Waals surface area contributed by atoms with Gasteiger partial charge in [0.15, 0.2) is 0 Å². The second-order valence-corrected chi connectivity index (χ2v) is 6.76. The Kier molecular flexibility index (Phi) is 5.63. The quantitative estimate of drug-likeness (QED) is 0.684. The zero-order valence-corrected chi connectivity index (χ0v) is 16.2. The number of carbonyl (C=O) groups is 1. The topological polar surface area (TPSA) is 103 Å². The first-order valence-corrected chi connectivity index (χ1v) is 9.15. The number of rotatable bonds is 6. The SMILES string of the molecule is Cc1cc(-c2cc(N)c(=O)n(C(C)C(=O)NCCc3ccccc3)n2)c(C)o1. The van der Waals surface area contributed by atoms with Gasteiger partial charge in [0.2, 0.25) is 5.91 Å². The molecule has 3 rings (SSSR count). The van der Waals surface area contributed by atoms with E-state index in [1.807, 2.05) is 50.2 Å². The number of amides is 1. The molecular formula is C21H24N4O3. The number of furan rings is 1. The number of nitrogens with one attached hydrogen (secondary N) is 1. The van der Waals surface area contributed by atoms with Crippen molar-refractivity contribution in [2.75, 3.05) is 12.3 Å². The van der Waals surface area contributed by atoms with Crippen molar-refractivity contribution in [3.05, 3.63) is 69.9 Å². The van der Waals surface area contributed by atoms with E-state index in [-0.39, 0.29) is 11.6 Å². The number of aromatic nitrogens is 2. The summed E-state index contributed by atoms with van der Waals surface area (Å²) in [4.78, 5) is 25.0. The summed E-state index contributed by atoms with van der Waals surface area (Å²) in [5, 5.41) is 7.22. The minimum absolute atomic E-state index is 0.0344. The standard InChI is InChI=1S/C21H24N4O3/c1-13-11-17(15(3)28-13)19-12-18(22)21(27)25(24-19)14(2)20(26)23-10-9-16-7-5-4-6-8-16/h4-8,11-12,14H,9-10,22H2,1-3H3,(H,23,26). The first kappa shape index (κ1) is 19.4. The predicted octanol–water partition coefficient (Wildman–Crippen LogP) is 2.62. The Balaban J connectivity index is 1.78. The van der Waals surface area contributed by atoms with Crippen LogP contribution in [0, 0.1) is 13.8 Å². The zero-order chi connectivity index (χ0) is 20.3. The van der Waals surface area contributed by atoms with Crippen LogP contribution in [0.15, 0.2) is 51.7 Å². The molecule has 0 aliphatic carbocycles. The van der Waals surface area contributed by atoms with Gasteiger partial charge >= 0.3 is 0 Å². The minimum atomic E-state index is -0.793. The average molecular weight is 380 g/mol. The van der Waals surface area contributed by atoms with Crippen LogP contribution in [0.2, 0.25) is 0 Å². The molecule has 1 aromatic carbocycles. The largest absolute Gasteiger partial charge is 0.466 e. The first-order chi connectivity index (χ1) is 13.4. The molecule has 0 fully saturated rings. The van der Waals surface area contributed by atoms with Crippen molar-refractivity contribution in [3.8, 4) is 11.3 Å². The minimum Gasteiger partial charge on any atom is -0.466 e. The number of aryl methyl sites for hydroxylation is 2. The van der Waals surface area contributed by atoms with Crippen molar-refractivity contribution in [1.29, 1.82) is 0 Å². The molecule has 7 heteroatoms. The van der Waals surface area contributed by atoms with E-state index in [2.05, 4.69) is 10.4 Å². The molecule has 28 heavy (non-hydrogen) atoms. The highest BCUT2D eigenvalue weighted by atomic mass is 16.3.